The lowest BCUT2D eigenvalue weighted by Crippen LogP contribution is -2.09. The lowest BCUT2D eigenvalue weighted by Gasteiger charge is -2.07. The summed E-state index contributed by atoms with van der Waals surface area (Å²) in [6.45, 7) is 0.268. The fourth-order valence-corrected chi connectivity index (χ4v) is 2.58. The van der Waals surface area contributed by atoms with Gasteiger partial charge in [0.25, 0.3) is 0 Å². The summed E-state index contributed by atoms with van der Waals surface area (Å²) >= 11 is 0. The molecule has 0 saturated heterocycles. The van der Waals surface area contributed by atoms with Gasteiger partial charge in [0.05, 0.1) is 22.1 Å². The molecule has 0 bridgehead atoms. The fraction of sp³-hybridized carbons (Fsp3) is 0.133. The molecule has 0 spiro atoms. The molecule has 0 heterocycles. The summed E-state index contributed by atoms with van der Waals surface area (Å²) in [5.74, 6) is -0.167. The van der Waals surface area contributed by atoms with Crippen LogP contribution in [-0.2, 0) is 10.8 Å². The van der Waals surface area contributed by atoms with Crippen LogP contribution in [0.15, 0.2) is 59.5 Å². The van der Waals surface area contributed by atoms with Crippen LogP contribution in [0.4, 0.5) is 0 Å². The van der Waals surface area contributed by atoms with Gasteiger partial charge in [0, 0.05) is 4.90 Å². The molecular formula is C15H14O4S. The molecule has 5 heteroatoms. The van der Waals surface area contributed by atoms with Crippen molar-refractivity contribution in [2.75, 3.05) is 12.4 Å². The van der Waals surface area contributed by atoms with E-state index in [1.807, 2.05) is 18.2 Å². The number of carbonyl (C=O) groups is 1. The average molecular weight is 290 g/mol. The van der Waals surface area contributed by atoms with Crippen LogP contribution in [0.3, 0.4) is 0 Å². The van der Waals surface area contributed by atoms with Gasteiger partial charge in [-0.2, -0.15) is 0 Å². The number of ether oxygens (including phenoxy) is 1. The summed E-state index contributed by atoms with van der Waals surface area (Å²) in [6, 6.07) is 15.4. The van der Waals surface area contributed by atoms with Crippen LogP contribution in [0, 0.1) is 0 Å². The highest BCUT2D eigenvalue weighted by Gasteiger charge is 2.06. The van der Waals surface area contributed by atoms with E-state index in [1.165, 1.54) is 12.1 Å². The summed E-state index contributed by atoms with van der Waals surface area (Å²) in [5.41, 5.74) is 0.173. The normalized spacial score (nSPS) is 11.8. The van der Waals surface area contributed by atoms with Gasteiger partial charge in [-0.3, -0.25) is 4.21 Å². The highest BCUT2D eigenvalue weighted by Crippen LogP contribution is 2.13. The number of carboxylic acid groups (broad SMARTS) is 1. The Labute approximate surface area is 119 Å². The van der Waals surface area contributed by atoms with Crippen molar-refractivity contribution in [2.45, 2.75) is 4.90 Å². The van der Waals surface area contributed by atoms with Crippen molar-refractivity contribution in [2.24, 2.45) is 0 Å². The molecule has 0 aliphatic carbocycles. The summed E-state index contributed by atoms with van der Waals surface area (Å²) in [5, 5.41) is 8.87. The van der Waals surface area contributed by atoms with Gasteiger partial charge in [-0.15, -0.1) is 0 Å². The van der Waals surface area contributed by atoms with Gasteiger partial charge in [0.1, 0.15) is 12.4 Å². The van der Waals surface area contributed by atoms with Crippen LogP contribution in [0.5, 0.6) is 5.75 Å². The highest BCUT2D eigenvalue weighted by atomic mass is 32.2. The lowest BCUT2D eigenvalue weighted by molar-refractivity contribution is 0.0696. The number of rotatable bonds is 6. The molecule has 20 heavy (non-hydrogen) atoms. The molecular weight excluding hydrogens is 276 g/mol. The van der Waals surface area contributed by atoms with Crippen LogP contribution in [-0.4, -0.2) is 27.6 Å². The van der Waals surface area contributed by atoms with Crippen molar-refractivity contribution in [3.63, 3.8) is 0 Å². The van der Waals surface area contributed by atoms with Crippen molar-refractivity contribution in [3.05, 3.63) is 60.2 Å². The van der Waals surface area contributed by atoms with Gasteiger partial charge >= 0.3 is 5.97 Å². The molecule has 2 rings (SSSR count). The molecule has 0 aliphatic rings. The Bertz CT molecular complexity index is 610. The Kier molecular flexibility index (Phi) is 4.90. The second-order valence-corrected chi connectivity index (χ2v) is 5.61. The molecule has 1 unspecified atom stereocenters. The Morgan fingerprint density at radius 3 is 2.55 bits per heavy atom. The number of hydrogen-bond donors (Lipinski definition) is 1. The minimum absolute atomic E-state index is 0.173. The third-order valence-corrected chi connectivity index (χ3v) is 3.96. The monoisotopic (exact) mass is 290 g/mol. The SMILES string of the molecule is O=C(O)c1cccc(OCCS(=O)c2ccccc2)c1. The molecule has 2 aromatic rings. The van der Waals surface area contributed by atoms with E-state index in [0.29, 0.717) is 11.5 Å². The van der Waals surface area contributed by atoms with Crippen LogP contribution < -0.4 is 4.74 Å². The first-order chi connectivity index (χ1) is 9.66. The number of aromatic carboxylic acids is 1. The molecule has 0 radical (unpaired) electrons. The van der Waals surface area contributed by atoms with E-state index in [0.717, 1.165) is 4.90 Å². The van der Waals surface area contributed by atoms with Crippen molar-refractivity contribution in [1.29, 1.82) is 0 Å². The zero-order valence-electron chi connectivity index (χ0n) is 10.7. The van der Waals surface area contributed by atoms with Gasteiger partial charge in [0.2, 0.25) is 0 Å². The maximum absolute atomic E-state index is 11.9. The molecule has 0 fully saturated rings. The predicted octanol–water partition coefficient (Wildman–Crippen LogP) is 2.57. The second kappa shape index (κ2) is 6.86. The van der Waals surface area contributed by atoms with Gasteiger partial charge in [0.15, 0.2) is 0 Å². The first kappa shape index (κ1) is 14.3. The number of carboxylic acids is 1. The van der Waals surface area contributed by atoms with Crippen LogP contribution in [0.1, 0.15) is 10.4 Å². The van der Waals surface area contributed by atoms with Crippen molar-refractivity contribution >= 4 is 16.8 Å². The second-order valence-electron chi connectivity index (χ2n) is 4.04. The molecule has 104 valence electrons. The van der Waals surface area contributed by atoms with E-state index in [-0.39, 0.29) is 12.2 Å². The van der Waals surface area contributed by atoms with Gasteiger partial charge in [-0.05, 0) is 30.3 Å². The van der Waals surface area contributed by atoms with Gasteiger partial charge in [-0.25, -0.2) is 4.79 Å². The third kappa shape index (κ3) is 3.93. The molecule has 0 aliphatic heterocycles. The molecule has 0 amide bonds. The molecule has 1 atom stereocenters. The topological polar surface area (TPSA) is 63.6 Å². The average Bonchev–Trinajstić information content (AvgIpc) is 2.48. The molecule has 0 aromatic heterocycles. The fourth-order valence-electron chi connectivity index (χ4n) is 1.64. The minimum atomic E-state index is -1.11. The third-order valence-electron chi connectivity index (χ3n) is 2.62. The van der Waals surface area contributed by atoms with Crippen LogP contribution >= 0.6 is 0 Å². The standard InChI is InChI=1S/C15H14O4S/c16-15(17)12-5-4-6-13(11-12)19-9-10-20(18)14-7-2-1-3-8-14/h1-8,11H,9-10H2,(H,16,17). The minimum Gasteiger partial charge on any atom is -0.493 e. The molecule has 0 saturated carbocycles. The van der Waals surface area contributed by atoms with Crippen LogP contribution in [0.2, 0.25) is 0 Å². The molecule has 4 nitrogen and oxygen atoms in total. The van der Waals surface area contributed by atoms with Crippen molar-refractivity contribution < 1.29 is 18.8 Å². The smallest absolute Gasteiger partial charge is 0.335 e. The quantitative estimate of drug-likeness (QED) is 0.888. The highest BCUT2D eigenvalue weighted by molar-refractivity contribution is 7.85. The van der Waals surface area contributed by atoms with Crippen molar-refractivity contribution in [3.8, 4) is 5.75 Å². The van der Waals surface area contributed by atoms with E-state index in [1.54, 1.807) is 24.3 Å². The maximum Gasteiger partial charge on any atom is 0.335 e. The Morgan fingerprint density at radius 1 is 1.10 bits per heavy atom. The maximum atomic E-state index is 11.9. The van der Waals surface area contributed by atoms with E-state index >= 15 is 0 Å². The molecule has 1 N–H and O–H groups in total. The number of hydrogen-bond acceptors (Lipinski definition) is 3. The van der Waals surface area contributed by atoms with Crippen LogP contribution in [0.25, 0.3) is 0 Å². The van der Waals surface area contributed by atoms with Gasteiger partial charge in [-0.1, -0.05) is 24.3 Å². The van der Waals surface area contributed by atoms with E-state index < -0.39 is 16.8 Å². The van der Waals surface area contributed by atoms with Crippen molar-refractivity contribution in [1.82, 2.24) is 0 Å². The zero-order valence-corrected chi connectivity index (χ0v) is 11.5. The Hall–Kier alpha value is -2.14. The summed E-state index contributed by atoms with van der Waals surface area (Å²) in [7, 11) is -1.11. The summed E-state index contributed by atoms with van der Waals surface area (Å²) < 4.78 is 17.4. The Morgan fingerprint density at radius 2 is 1.85 bits per heavy atom. The summed E-state index contributed by atoms with van der Waals surface area (Å²) in [6.07, 6.45) is 0. The first-order valence-corrected chi connectivity index (χ1v) is 7.38. The lowest BCUT2D eigenvalue weighted by atomic mass is 10.2. The number of benzene rings is 2. The molecule has 2 aromatic carbocycles. The Balaban J connectivity index is 1.89. The summed E-state index contributed by atoms with van der Waals surface area (Å²) in [4.78, 5) is 11.6. The van der Waals surface area contributed by atoms with E-state index in [4.69, 9.17) is 9.84 Å². The van der Waals surface area contributed by atoms with E-state index in [2.05, 4.69) is 0 Å². The zero-order chi connectivity index (χ0) is 14.4. The van der Waals surface area contributed by atoms with Gasteiger partial charge < -0.3 is 9.84 Å². The largest absolute Gasteiger partial charge is 0.493 e. The van der Waals surface area contributed by atoms with E-state index in [9.17, 15) is 9.00 Å². The first-order valence-electron chi connectivity index (χ1n) is 6.06. The predicted molar refractivity (Wildman–Crippen MR) is 76.6 cm³/mol.